The summed E-state index contributed by atoms with van der Waals surface area (Å²) in [6.07, 6.45) is -24.9. The molecule has 0 radical (unpaired) electrons. The van der Waals surface area contributed by atoms with Gasteiger partial charge in [0.2, 0.25) is 0 Å². The molecule has 8 rings (SSSR count). The monoisotopic (exact) mass is 1120 g/mol. The first-order valence-corrected chi connectivity index (χ1v) is 28.4. The van der Waals surface area contributed by atoms with Gasteiger partial charge in [-0.15, -0.1) is 0 Å². The molecular weight excluding hydrogens is 1030 g/mol. The summed E-state index contributed by atoms with van der Waals surface area (Å²) in [4.78, 5) is 0. The number of hydrogen-bond donors (Lipinski definition) is 15. The van der Waals surface area contributed by atoms with Crippen molar-refractivity contribution in [1.29, 1.82) is 0 Å². The highest BCUT2D eigenvalue weighted by atomic mass is 16.8. The Kier molecular flexibility index (Phi) is 19.1. The van der Waals surface area contributed by atoms with Crippen LogP contribution in [0.3, 0.4) is 0 Å². The summed E-state index contributed by atoms with van der Waals surface area (Å²) >= 11 is 0. The fraction of sp³-hybridized carbons (Fsp3) is 0.964. The molecule has 30 atom stereocenters. The van der Waals surface area contributed by atoms with Crippen LogP contribution in [-0.4, -0.2) is 243 Å². The van der Waals surface area contributed by atoms with Crippen LogP contribution in [0, 0.1) is 45.3 Å². The van der Waals surface area contributed by atoms with E-state index in [-0.39, 0.29) is 40.9 Å². The van der Waals surface area contributed by atoms with E-state index in [4.69, 9.17) is 37.9 Å². The molecule has 7 fully saturated rings. The molecule has 4 saturated heterocycles. The number of rotatable bonds is 17. The van der Waals surface area contributed by atoms with Crippen molar-refractivity contribution in [3.05, 3.63) is 11.6 Å². The molecule has 15 N–H and O–H groups in total. The Bertz CT molecular complexity index is 2020. The summed E-state index contributed by atoms with van der Waals surface area (Å²) in [5.41, 5.74) is -2.02. The van der Waals surface area contributed by atoms with Crippen LogP contribution in [0.1, 0.15) is 120 Å². The van der Waals surface area contributed by atoms with Crippen molar-refractivity contribution in [3.8, 4) is 0 Å². The number of aliphatic hydroxyl groups is 15. The van der Waals surface area contributed by atoms with E-state index in [1.807, 2.05) is 0 Å². The lowest BCUT2D eigenvalue weighted by molar-refractivity contribution is -0.374. The number of aliphatic hydroxyl groups excluding tert-OH is 14. The van der Waals surface area contributed by atoms with E-state index in [1.165, 1.54) is 0 Å². The van der Waals surface area contributed by atoms with Crippen molar-refractivity contribution in [2.45, 2.75) is 267 Å². The summed E-state index contributed by atoms with van der Waals surface area (Å²) < 4.78 is 48.0. The highest BCUT2D eigenvalue weighted by Gasteiger charge is 2.70. The predicted octanol–water partition coefficient (Wildman–Crippen LogP) is -1.81. The highest BCUT2D eigenvalue weighted by Crippen LogP contribution is 2.75. The lowest BCUT2D eigenvalue weighted by atomic mass is 9.38. The van der Waals surface area contributed by atoms with E-state index in [1.54, 1.807) is 20.8 Å². The maximum atomic E-state index is 12.7. The third-order valence-corrected chi connectivity index (χ3v) is 21.0. The quantitative estimate of drug-likeness (QED) is 0.0714. The second kappa shape index (κ2) is 23.7. The topological polar surface area (TPSA) is 377 Å². The zero-order chi connectivity index (χ0) is 57.5. The molecule has 452 valence electrons. The van der Waals surface area contributed by atoms with Gasteiger partial charge in [-0.05, 0) is 106 Å². The van der Waals surface area contributed by atoms with Crippen molar-refractivity contribution in [2.24, 2.45) is 45.3 Å². The summed E-state index contributed by atoms with van der Waals surface area (Å²) in [5, 5.41) is 162. The van der Waals surface area contributed by atoms with Gasteiger partial charge in [0.1, 0.15) is 91.6 Å². The Labute approximate surface area is 457 Å². The zero-order valence-corrected chi connectivity index (χ0v) is 46.6. The van der Waals surface area contributed by atoms with Crippen LogP contribution in [0.25, 0.3) is 0 Å². The van der Waals surface area contributed by atoms with Gasteiger partial charge in [0.15, 0.2) is 25.2 Å². The maximum Gasteiger partial charge on any atom is 0.187 e. The van der Waals surface area contributed by atoms with Crippen molar-refractivity contribution in [3.63, 3.8) is 0 Å². The smallest absolute Gasteiger partial charge is 0.187 e. The second-order valence-electron chi connectivity index (χ2n) is 26.1. The molecule has 23 nitrogen and oxygen atoms in total. The van der Waals surface area contributed by atoms with Gasteiger partial charge in [0.05, 0.1) is 49.8 Å². The average molecular weight is 1120 g/mol. The predicted molar refractivity (Wildman–Crippen MR) is 271 cm³/mol. The molecule has 0 bridgehead atoms. The van der Waals surface area contributed by atoms with Gasteiger partial charge in [-0.2, -0.15) is 0 Å². The third kappa shape index (κ3) is 11.0. The van der Waals surface area contributed by atoms with Gasteiger partial charge in [-0.1, -0.05) is 60.1 Å². The molecule has 0 amide bonds. The summed E-state index contributed by atoms with van der Waals surface area (Å²) in [6, 6.07) is 0. The van der Waals surface area contributed by atoms with Crippen LogP contribution >= 0.6 is 0 Å². The number of fused-ring (bicyclic) bond motifs is 5. The summed E-state index contributed by atoms with van der Waals surface area (Å²) in [5.74, 6) is 0.305. The van der Waals surface area contributed by atoms with Crippen LogP contribution in [0.2, 0.25) is 0 Å². The van der Waals surface area contributed by atoms with Crippen LogP contribution < -0.4 is 0 Å². The number of allylic oxidation sites excluding steroid dienone is 1. The fourth-order valence-corrected chi connectivity index (χ4v) is 15.8. The van der Waals surface area contributed by atoms with E-state index in [0.717, 1.165) is 18.4 Å². The number of ether oxygens (including phenoxy) is 8. The minimum absolute atomic E-state index is 0.0227. The Hall–Kier alpha value is -1.18. The van der Waals surface area contributed by atoms with E-state index in [0.29, 0.717) is 38.5 Å². The lowest BCUT2D eigenvalue weighted by Crippen LogP contribution is -2.65. The standard InChI is InChI=1S/C55H94O23/c1-10-27-35(59)39(63)45(69)49(72-27)78-46-42(66)37(61)29(21-57)74-50(46)77-34(52(5,6)70)15-11-23(2)24-17-18-53(7)31-14-12-25-26(55(31,9)32(58)19-54(24,53)8)13-16-33(51(25,3)4)76-48-44(68)41(65)38(62)30(75-48)22-71-47-43(67)40(64)36(60)28(20-56)73-47/h12,23-24,26-50,56-70H,10-11,13-22H2,1-9H3/t23-,24?,26?,27+,28-,29-,30-,31?,32-,33+,34-,35+,36-,37-,38-,39-,40+,41+,42+,43-,44-,45+,46-,47-,48+,49-,50+,53+,54-,55+/m1/s1. The molecule has 0 aromatic heterocycles. The van der Waals surface area contributed by atoms with Gasteiger partial charge in [0.25, 0.3) is 0 Å². The fourth-order valence-electron chi connectivity index (χ4n) is 15.8. The van der Waals surface area contributed by atoms with Crippen molar-refractivity contribution < 1.29 is 114 Å². The normalized spacial score (nSPS) is 51.4. The van der Waals surface area contributed by atoms with Gasteiger partial charge in [-0.3, -0.25) is 0 Å². The molecule has 4 aliphatic carbocycles. The van der Waals surface area contributed by atoms with E-state index in [2.05, 4.69) is 47.6 Å². The third-order valence-electron chi connectivity index (χ3n) is 21.0. The largest absolute Gasteiger partial charge is 0.394 e. The van der Waals surface area contributed by atoms with Crippen LogP contribution in [0.15, 0.2) is 11.6 Å². The van der Waals surface area contributed by atoms with Gasteiger partial charge in [-0.25, -0.2) is 0 Å². The molecule has 0 aromatic carbocycles. The second-order valence-corrected chi connectivity index (χ2v) is 26.1. The molecule has 4 heterocycles. The Balaban J connectivity index is 0.940. The molecule has 3 unspecified atom stereocenters. The first-order valence-electron chi connectivity index (χ1n) is 28.4. The first-order chi connectivity index (χ1) is 36.4. The van der Waals surface area contributed by atoms with Gasteiger partial charge in [0, 0.05) is 10.8 Å². The van der Waals surface area contributed by atoms with Gasteiger partial charge < -0.3 is 114 Å². The van der Waals surface area contributed by atoms with Crippen LogP contribution in [0.4, 0.5) is 0 Å². The summed E-state index contributed by atoms with van der Waals surface area (Å²) in [6.45, 7) is 16.3. The van der Waals surface area contributed by atoms with Crippen LogP contribution in [0.5, 0.6) is 0 Å². The lowest BCUT2D eigenvalue weighted by Gasteiger charge is -2.67. The van der Waals surface area contributed by atoms with Crippen molar-refractivity contribution in [1.82, 2.24) is 0 Å². The zero-order valence-electron chi connectivity index (χ0n) is 46.6. The van der Waals surface area contributed by atoms with E-state index >= 15 is 0 Å². The Morgan fingerprint density at radius 3 is 1.73 bits per heavy atom. The average Bonchev–Trinajstić information content (AvgIpc) is 3.84. The molecule has 3 saturated carbocycles. The molecule has 0 spiro atoms. The SMILES string of the molecule is CC[C@@H]1O[C@H](O[C@H]2[C@H](O[C@H](CC[C@@H](C)C3CC[C@@]4(C)C5CC=C6C(CC[C@H](O[C@@H]7O[C@H](CO[C@@H]8O[C@H](CO)[C@@H](O)[C@H](O)[C@H]8O)[C@@H](O)[C@H](O)[C@H]7O)C6(C)C)[C@]5(C)[C@H](O)C[C@]34C)C(C)(C)O)O[C@H](CO)[C@@H](O)[C@@H]2O)[C@@H](O)[C@H](O)[C@H]1O. The molecule has 23 heteroatoms. The van der Waals surface area contributed by atoms with E-state index < -0.39 is 177 Å². The molecule has 4 aliphatic heterocycles. The maximum absolute atomic E-state index is 12.7. The van der Waals surface area contributed by atoms with Gasteiger partial charge >= 0.3 is 0 Å². The van der Waals surface area contributed by atoms with Crippen molar-refractivity contribution in [2.75, 3.05) is 19.8 Å². The minimum atomic E-state index is -1.74. The first kappa shape index (κ1) is 62.9. The number of hydrogen-bond acceptors (Lipinski definition) is 23. The molecule has 8 aliphatic rings. The van der Waals surface area contributed by atoms with Crippen molar-refractivity contribution >= 4 is 0 Å². The molecular formula is C55H94O23. The van der Waals surface area contributed by atoms with Crippen LogP contribution in [-0.2, 0) is 37.9 Å². The summed E-state index contributed by atoms with van der Waals surface area (Å²) in [7, 11) is 0. The molecule has 0 aromatic rings. The van der Waals surface area contributed by atoms with E-state index in [9.17, 15) is 76.6 Å². The minimum Gasteiger partial charge on any atom is -0.394 e. The Morgan fingerprint density at radius 1 is 0.615 bits per heavy atom. The Morgan fingerprint density at radius 2 is 1.14 bits per heavy atom. The highest BCUT2D eigenvalue weighted by molar-refractivity contribution is 5.32. The molecule has 78 heavy (non-hydrogen) atoms.